The smallest absolute Gasteiger partial charge is 0.0230 e. The number of hydrogen-bond acceptors (Lipinski definition) is 2. The lowest BCUT2D eigenvalue weighted by molar-refractivity contribution is 0.207. The van der Waals surface area contributed by atoms with E-state index < -0.39 is 0 Å². The van der Waals surface area contributed by atoms with Crippen LogP contribution in [0.25, 0.3) is 0 Å². The van der Waals surface area contributed by atoms with Gasteiger partial charge in [-0.15, -0.1) is 0 Å². The lowest BCUT2D eigenvalue weighted by atomic mass is 9.78. The van der Waals surface area contributed by atoms with E-state index in [9.17, 15) is 0 Å². The molecule has 1 saturated carbocycles. The minimum atomic E-state index is 0.677. The summed E-state index contributed by atoms with van der Waals surface area (Å²) in [4.78, 5) is 2.24. The fourth-order valence-electron chi connectivity index (χ4n) is 3.54. The Labute approximate surface area is 124 Å². The van der Waals surface area contributed by atoms with E-state index in [-0.39, 0.29) is 0 Å². The minimum absolute atomic E-state index is 0.677. The molecule has 1 aromatic carbocycles. The zero-order chi connectivity index (χ0) is 14.5. The summed E-state index contributed by atoms with van der Waals surface area (Å²) in [6, 6.07) is 9.50. The molecule has 0 aliphatic heterocycles. The summed E-state index contributed by atoms with van der Waals surface area (Å²) in [5.74, 6) is 1.61. The Morgan fingerprint density at radius 2 is 1.65 bits per heavy atom. The second kappa shape index (κ2) is 7.24. The van der Waals surface area contributed by atoms with Gasteiger partial charge < -0.3 is 10.2 Å². The molecule has 0 amide bonds. The van der Waals surface area contributed by atoms with E-state index in [0.717, 1.165) is 24.9 Å². The van der Waals surface area contributed by atoms with Crippen molar-refractivity contribution in [2.45, 2.75) is 52.2 Å². The highest BCUT2D eigenvalue weighted by Gasteiger charge is 2.27. The van der Waals surface area contributed by atoms with Crippen LogP contribution in [0.1, 0.15) is 44.2 Å². The Kier molecular flexibility index (Phi) is 5.62. The van der Waals surface area contributed by atoms with Crippen LogP contribution < -0.4 is 5.32 Å². The largest absolute Gasteiger partial charge is 0.309 e. The quantitative estimate of drug-likeness (QED) is 0.881. The second-order valence-electron chi connectivity index (χ2n) is 6.80. The fourth-order valence-corrected chi connectivity index (χ4v) is 3.54. The van der Waals surface area contributed by atoms with Crippen LogP contribution >= 0.6 is 0 Å². The summed E-state index contributed by atoms with van der Waals surface area (Å²) in [6.07, 6.45) is 4.15. The maximum absolute atomic E-state index is 3.83. The molecular formula is C18H30N2. The molecule has 0 aromatic heterocycles. The molecule has 1 aliphatic carbocycles. The Hall–Kier alpha value is -0.860. The zero-order valence-corrected chi connectivity index (χ0v) is 13.5. The van der Waals surface area contributed by atoms with Crippen molar-refractivity contribution in [1.82, 2.24) is 10.2 Å². The van der Waals surface area contributed by atoms with Crippen LogP contribution in [0.3, 0.4) is 0 Å². The lowest BCUT2D eigenvalue weighted by Gasteiger charge is -2.35. The van der Waals surface area contributed by atoms with Crippen molar-refractivity contribution in [2.24, 2.45) is 11.8 Å². The summed E-state index contributed by atoms with van der Waals surface area (Å²) < 4.78 is 0. The fraction of sp³-hybridized carbons (Fsp3) is 0.667. The van der Waals surface area contributed by atoms with E-state index in [4.69, 9.17) is 0 Å². The summed E-state index contributed by atoms with van der Waals surface area (Å²) in [6.45, 7) is 6.83. The Balaban J connectivity index is 1.99. The molecule has 0 bridgehead atoms. The van der Waals surface area contributed by atoms with Crippen molar-refractivity contribution in [2.75, 3.05) is 14.1 Å². The van der Waals surface area contributed by atoms with Crippen LogP contribution in [0, 0.1) is 11.8 Å². The average molecular weight is 274 g/mol. The Morgan fingerprint density at radius 3 is 2.25 bits per heavy atom. The molecule has 0 radical (unpaired) electrons. The van der Waals surface area contributed by atoms with Crippen molar-refractivity contribution in [3.8, 4) is 0 Å². The second-order valence-corrected chi connectivity index (χ2v) is 6.80. The molecule has 2 unspecified atom stereocenters. The molecule has 2 heteroatoms. The predicted octanol–water partition coefficient (Wildman–Crippen LogP) is 3.66. The molecule has 112 valence electrons. The molecule has 2 rings (SSSR count). The summed E-state index contributed by atoms with van der Waals surface area (Å²) in [5, 5.41) is 3.83. The topological polar surface area (TPSA) is 15.3 Å². The summed E-state index contributed by atoms with van der Waals surface area (Å²) in [5.41, 5.74) is 2.90. The van der Waals surface area contributed by atoms with Crippen LogP contribution in [0.5, 0.6) is 0 Å². The first-order valence-electron chi connectivity index (χ1n) is 8.03. The highest BCUT2D eigenvalue weighted by atomic mass is 15.0. The third-order valence-electron chi connectivity index (χ3n) is 4.68. The highest BCUT2D eigenvalue weighted by Crippen LogP contribution is 2.29. The first-order valence-corrected chi connectivity index (χ1v) is 8.03. The molecule has 2 nitrogen and oxygen atoms in total. The number of rotatable bonds is 5. The third-order valence-corrected chi connectivity index (χ3v) is 4.68. The van der Waals surface area contributed by atoms with E-state index in [2.05, 4.69) is 62.4 Å². The number of nitrogens with one attached hydrogen (secondary N) is 1. The van der Waals surface area contributed by atoms with E-state index >= 15 is 0 Å². The predicted molar refractivity (Wildman–Crippen MR) is 86.6 cm³/mol. The maximum atomic E-state index is 3.83. The third kappa shape index (κ3) is 4.07. The number of benzene rings is 1. The first kappa shape index (κ1) is 15.5. The normalized spacial score (nSPS) is 26.9. The van der Waals surface area contributed by atoms with Crippen LogP contribution in [0.2, 0.25) is 0 Å². The van der Waals surface area contributed by atoms with Gasteiger partial charge in [0.15, 0.2) is 0 Å². The van der Waals surface area contributed by atoms with Crippen molar-refractivity contribution in [1.29, 1.82) is 0 Å². The Morgan fingerprint density at radius 1 is 1.05 bits per heavy atom. The van der Waals surface area contributed by atoms with Gasteiger partial charge in [-0.25, -0.2) is 0 Å². The first-order chi connectivity index (χ1) is 9.58. The van der Waals surface area contributed by atoms with Gasteiger partial charge in [-0.05, 0) is 49.9 Å². The van der Waals surface area contributed by atoms with Gasteiger partial charge in [-0.3, -0.25) is 0 Å². The molecule has 0 saturated heterocycles. The van der Waals surface area contributed by atoms with Gasteiger partial charge in [0.05, 0.1) is 0 Å². The van der Waals surface area contributed by atoms with E-state index in [1.165, 1.54) is 30.4 Å². The van der Waals surface area contributed by atoms with Gasteiger partial charge in [0.25, 0.3) is 0 Å². The summed E-state index contributed by atoms with van der Waals surface area (Å²) >= 11 is 0. The van der Waals surface area contributed by atoms with E-state index in [0.29, 0.717) is 6.04 Å². The van der Waals surface area contributed by atoms with Crippen LogP contribution in [0.15, 0.2) is 24.3 Å². The van der Waals surface area contributed by atoms with Gasteiger partial charge in [-0.2, -0.15) is 0 Å². The van der Waals surface area contributed by atoms with Crippen LogP contribution in [0.4, 0.5) is 0 Å². The average Bonchev–Trinajstić information content (AvgIpc) is 2.39. The van der Waals surface area contributed by atoms with Gasteiger partial charge in [0.1, 0.15) is 0 Å². The van der Waals surface area contributed by atoms with Crippen molar-refractivity contribution in [3.05, 3.63) is 35.4 Å². The monoisotopic (exact) mass is 274 g/mol. The number of nitrogens with zero attached hydrogens (tertiary/aromatic N) is 1. The SMILES string of the molecule is CC1CCCC(C)C1NCc1ccccc1CN(C)C. The van der Waals surface area contributed by atoms with Gasteiger partial charge >= 0.3 is 0 Å². The molecule has 1 aromatic rings. The standard InChI is InChI=1S/C18H30N2/c1-14-8-7-9-15(2)18(14)19-12-16-10-5-6-11-17(16)13-20(3)4/h5-6,10-11,14-15,18-19H,7-9,12-13H2,1-4H3. The van der Waals surface area contributed by atoms with Gasteiger partial charge in [-0.1, -0.05) is 44.5 Å². The van der Waals surface area contributed by atoms with Crippen molar-refractivity contribution in [3.63, 3.8) is 0 Å². The molecular weight excluding hydrogens is 244 g/mol. The Bertz CT molecular complexity index is 404. The molecule has 1 aliphatic rings. The molecule has 0 spiro atoms. The molecule has 1 N–H and O–H groups in total. The van der Waals surface area contributed by atoms with Crippen molar-refractivity contribution < 1.29 is 0 Å². The molecule has 1 fully saturated rings. The van der Waals surface area contributed by atoms with Crippen molar-refractivity contribution >= 4 is 0 Å². The zero-order valence-electron chi connectivity index (χ0n) is 13.5. The van der Waals surface area contributed by atoms with Gasteiger partial charge in [0, 0.05) is 19.1 Å². The lowest BCUT2D eigenvalue weighted by Crippen LogP contribution is -2.42. The molecule has 20 heavy (non-hydrogen) atoms. The maximum Gasteiger partial charge on any atom is 0.0230 e. The van der Waals surface area contributed by atoms with Crippen LogP contribution in [-0.4, -0.2) is 25.0 Å². The summed E-state index contributed by atoms with van der Waals surface area (Å²) in [7, 11) is 4.27. The minimum Gasteiger partial charge on any atom is -0.309 e. The highest BCUT2D eigenvalue weighted by molar-refractivity contribution is 5.27. The van der Waals surface area contributed by atoms with Gasteiger partial charge in [0.2, 0.25) is 0 Å². The molecule has 2 atom stereocenters. The van der Waals surface area contributed by atoms with E-state index in [1.807, 2.05) is 0 Å². The molecule has 0 heterocycles. The van der Waals surface area contributed by atoms with Crippen LogP contribution in [-0.2, 0) is 13.1 Å². The number of hydrogen-bond donors (Lipinski definition) is 1. The van der Waals surface area contributed by atoms with E-state index in [1.54, 1.807) is 0 Å².